The molecule has 3 nitrogen and oxygen atoms in total. The van der Waals surface area contributed by atoms with E-state index in [1.165, 1.54) is 5.56 Å². The van der Waals surface area contributed by atoms with E-state index in [1.54, 1.807) is 12.3 Å². The van der Waals surface area contributed by atoms with Gasteiger partial charge in [0.15, 0.2) is 0 Å². The van der Waals surface area contributed by atoms with Crippen LogP contribution >= 0.6 is 11.6 Å². The number of aryl methyl sites for hydroxylation is 1. The molecule has 0 aliphatic heterocycles. The number of hydrogen-bond donors (Lipinski definition) is 2. The molecule has 0 aliphatic carbocycles. The van der Waals surface area contributed by atoms with E-state index in [9.17, 15) is 5.11 Å². The summed E-state index contributed by atoms with van der Waals surface area (Å²) in [4.78, 5) is 4.37. The number of rotatable bonds is 6. The van der Waals surface area contributed by atoms with Crippen LogP contribution in [0.2, 0.25) is 5.02 Å². The summed E-state index contributed by atoms with van der Waals surface area (Å²) in [5.74, 6) is 0. The molecule has 2 rings (SSSR count). The number of benzene rings is 1. The Kier molecular flexibility index (Phi) is 5.53. The number of halogens is 1. The Morgan fingerprint density at radius 3 is 2.80 bits per heavy atom. The maximum absolute atomic E-state index is 10.1. The predicted molar refractivity (Wildman–Crippen MR) is 81.7 cm³/mol. The topological polar surface area (TPSA) is 45.2 Å². The average Bonchev–Trinajstić information content (AvgIpc) is 2.48. The van der Waals surface area contributed by atoms with Gasteiger partial charge in [-0.15, -0.1) is 0 Å². The van der Waals surface area contributed by atoms with Crippen molar-refractivity contribution in [3.8, 4) is 0 Å². The van der Waals surface area contributed by atoms with E-state index >= 15 is 0 Å². The summed E-state index contributed by atoms with van der Waals surface area (Å²) in [5.41, 5.74) is 3.01. The Labute approximate surface area is 124 Å². The van der Waals surface area contributed by atoms with Crippen LogP contribution < -0.4 is 5.32 Å². The van der Waals surface area contributed by atoms with Gasteiger partial charge in [-0.25, -0.2) is 0 Å². The van der Waals surface area contributed by atoms with Gasteiger partial charge in [0.1, 0.15) is 0 Å². The van der Waals surface area contributed by atoms with E-state index in [1.807, 2.05) is 24.3 Å². The first-order valence-electron chi connectivity index (χ1n) is 6.78. The standard InChI is InChI=1S/C16H19ClN2O/c1-2-12-6-5-9-19-15(12)10-18-11-16(20)13-7-3-4-8-14(13)17/h3-9,16,18,20H,2,10-11H2,1H3. The van der Waals surface area contributed by atoms with E-state index in [0.29, 0.717) is 18.1 Å². The summed E-state index contributed by atoms with van der Waals surface area (Å²) >= 11 is 6.06. The van der Waals surface area contributed by atoms with Gasteiger partial charge in [-0.1, -0.05) is 42.8 Å². The first-order chi connectivity index (χ1) is 9.72. The zero-order chi connectivity index (χ0) is 14.4. The van der Waals surface area contributed by atoms with E-state index in [-0.39, 0.29) is 0 Å². The first kappa shape index (κ1) is 15.0. The zero-order valence-electron chi connectivity index (χ0n) is 11.5. The maximum atomic E-state index is 10.1. The second kappa shape index (κ2) is 7.39. The molecule has 0 aliphatic rings. The summed E-state index contributed by atoms with van der Waals surface area (Å²) in [7, 11) is 0. The van der Waals surface area contributed by atoms with Crippen molar-refractivity contribution in [2.45, 2.75) is 26.0 Å². The summed E-state index contributed by atoms with van der Waals surface area (Å²) in [5, 5.41) is 14.0. The molecule has 4 heteroatoms. The van der Waals surface area contributed by atoms with Gasteiger partial charge in [-0.2, -0.15) is 0 Å². The van der Waals surface area contributed by atoms with Crippen molar-refractivity contribution in [1.82, 2.24) is 10.3 Å². The van der Waals surface area contributed by atoms with Crippen LogP contribution in [0.5, 0.6) is 0 Å². The summed E-state index contributed by atoms with van der Waals surface area (Å²) in [6.45, 7) is 3.20. The Balaban J connectivity index is 1.91. The van der Waals surface area contributed by atoms with E-state index in [0.717, 1.165) is 17.7 Å². The molecule has 0 fully saturated rings. The Morgan fingerprint density at radius 1 is 1.25 bits per heavy atom. The molecule has 1 atom stereocenters. The van der Waals surface area contributed by atoms with E-state index in [2.05, 4.69) is 23.3 Å². The van der Waals surface area contributed by atoms with Crippen molar-refractivity contribution >= 4 is 11.6 Å². The Morgan fingerprint density at radius 2 is 2.05 bits per heavy atom. The van der Waals surface area contributed by atoms with E-state index < -0.39 is 6.10 Å². The Hall–Kier alpha value is -1.42. The fourth-order valence-corrected chi connectivity index (χ4v) is 2.40. The molecule has 1 unspecified atom stereocenters. The molecular formula is C16H19ClN2O. The van der Waals surface area contributed by atoms with Crippen LogP contribution in [0.3, 0.4) is 0 Å². The number of pyridine rings is 1. The number of aromatic nitrogens is 1. The van der Waals surface area contributed by atoms with Crippen LogP contribution in [-0.4, -0.2) is 16.6 Å². The molecule has 1 heterocycles. The highest BCUT2D eigenvalue weighted by Crippen LogP contribution is 2.21. The van der Waals surface area contributed by atoms with Gasteiger partial charge in [0.25, 0.3) is 0 Å². The molecule has 2 N–H and O–H groups in total. The lowest BCUT2D eigenvalue weighted by Gasteiger charge is -2.14. The van der Waals surface area contributed by atoms with Gasteiger partial charge < -0.3 is 10.4 Å². The molecule has 0 spiro atoms. The number of aliphatic hydroxyl groups excluding tert-OH is 1. The Bertz CT molecular complexity index is 560. The molecule has 1 aromatic heterocycles. The molecule has 2 aromatic rings. The quantitative estimate of drug-likeness (QED) is 0.859. The first-order valence-corrected chi connectivity index (χ1v) is 7.16. The van der Waals surface area contributed by atoms with Crippen molar-refractivity contribution in [2.24, 2.45) is 0 Å². The second-order valence-corrected chi connectivity index (χ2v) is 5.04. The van der Waals surface area contributed by atoms with Crippen LogP contribution in [0.25, 0.3) is 0 Å². The third-order valence-electron chi connectivity index (χ3n) is 3.26. The normalized spacial score (nSPS) is 12.3. The smallest absolute Gasteiger partial charge is 0.0928 e. The van der Waals surface area contributed by atoms with Gasteiger partial charge in [-0.05, 0) is 24.1 Å². The lowest BCUT2D eigenvalue weighted by molar-refractivity contribution is 0.174. The maximum Gasteiger partial charge on any atom is 0.0928 e. The molecule has 0 radical (unpaired) electrons. The third-order valence-corrected chi connectivity index (χ3v) is 3.60. The van der Waals surface area contributed by atoms with Crippen LogP contribution in [0, 0.1) is 0 Å². The van der Waals surface area contributed by atoms with Crippen molar-refractivity contribution in [2.75, 3.05) is 6.54 Å². The minimum absolute atomic E-state index is 0.448. The molecular weight excluding hydrogens is 272 g/mol. The number of nitrogens with zero attached hydrogens (tertiary/aromatic N) is 1. The van der Waals surface area contributed by atoms with Gasteiger partial charge in [0, 0.05) is 29.9 Å². The van der Waals surface area contributed by atoms with Crippen molar-refractivity contribution in [3.05, 3.63) is 64.4 Å². The van der Waals surface area contributed by atoms with Crippen molar-refractivity contribution in [1.29, 1.82) is 0 Å². The number of aliphatic hydroxyl groups is 1. The summed E-state index contributed by atoms with van der Waals surface area (Å²) in [6.07, 6.45) is 2.14. The van der Waals surface area contributed by atoms with Gasteiger partial charge in [-0.3, -0.25) is 4.98 Å². The molecule has 0 saturated heterocycles. The fraction of sp³-hybridized carbons (Fsp3) is 0.312. The molecule has 106 valence electrons. The highest BCUT2D eigenvalue weighted by Gasteiger charge is 2.10. The van der Waals surface area contributed by atoms with E-state index in [4.69, 9.17) is 11.6 Å². The SMILES string of the molecule is CCc1cccnc1CNCC(O)c1ccccc1Cl. The predicted octanol–water partition coefficient (Wildman–Crippen LogP) is 3.12. The van der Waals surface area contributed by atoms with Crippen molar-refractivity contribution in [3.63, 3.8) is 0 Å². The van der Waals surface area contributed by atoms with Gasteiger partial charge >= 0.3 is 0 Å². The van der Waals surface area contributed by atoms with Gasteiger partial charge in [0.05, 0.1) is 11.8 Å². The molecule has 20 heavy (non-hydrogen) atoms. The van der Waals surface area contributed by atoms with Gasteiger partial charge in [0.2, 0.25) is 0 Å². The highest BCUT2D eigenvalue weighted by molar-refractivity contribution is 6.31. The molecule has 0 saturated carbocycles. The monoisotopic (exact) mass is 290 g/mol. The zero-order valence-corrected chi connectivity index (χ0v) is 12.3. The highest BCUT2D eigenvalue weighted by atomic mass is 35.5. The molecule has 1 aromatic carbocycles. The van der Waals surface area contributed by atoms with Crippen LogP contribution in [-0.2, 0) is 13.0 Å². The fourth-order valence-electron chi connectivity index (χ4n) is 2.13. The lowest BCUT2D eigenvalue weighted by Crippen LogP contribution is -2.22. The minimum atomic E-state index is -0.613. The third kappa shape index (κ3) is 3.79. The second-order valence-electron chi connectivity index (χ2n) is 4.63. The average molecular weight is 291 g/mol. The van der Waals surface area contributed by atoms with Crippen molar-refractivity contribution < 1.29 is 5.11 Å². The molecule has 0 amide bonds. The van der Waals surface area contributed by atoms with Crippen LogP contribution in [0.4, 0.5) is 0 Å². The number of hydrogen-bond acceptors (Lipinski definition) is 3. The minimum Gasteiger partial charge on any atom is -0.387 e. The summed E-state index contributed by atoms with van der Waals surface area (Å²) in [6, 6.07) is 11.4. The molecule has 0 bridgehead atoms. The summed E-state index contributed by atoms with van der Waals surface area (Å²) < 4.78 is 0. The number of nitrogens with one attached hydrogen (secondary N) is 1. The largest absolute Gasteiger partial charge is 0.387 e. The van der Waals surface area contributed by atoms with Crippen LogP contribution in [0.15, 0.2) is 42.6 Å². The van der Waals surface area contributed by atoms with Crippen LogP contribution in [0.1, 0.15) is 29.8 Å². The lowest BCUT2D eigenvalue weighted by atomic mass is 10.1.